The third kappa shape index (κ3) is 3.52. The summed E-state index contributed by atoms with van der Waals surface area (Å²) in [6.45, 7) is 2.42. The van der Waals surface area contributed by atoms with Crippen molar-refractivity contribution in [3.8, 4) is 0 Å². The van der Waals surface area contributed by atoms with Crippen LogP contribution in [0.4, 0.5) is 17.1 Å². The van der Waals surface area contributed by atoms with Crippen molar-refractivity contribution in [3.63, 3.8) is 0 Å². The number of nitrogens with one attached hydrogen (secondary N) is 1. The Morgan fingerprint density at radius 1 is 1.12 bits per heavy atom. The maximum absolute atomic E-state index is 12.7. The van der Waals surface area contributed by atoms with E-state index >= 15 is 0 Å². The van der Waals surface area contributed by atoms with E-state index in [-0.39, 0.29) is 17.2 Å². The first kappa shape index (κ1) is 15.9. The molecule has 1 fully saturated rings. The molecule has 0 aliphatic carbocycles. The maximum Gasteiger partial charge on any atom is 0.270 e. The van der Waals surface area contributed by atoms with E-state index in [4.69, 9.17) is 4.74 Å². The van der Waals surface area contributed by atoms with E-state index in [1.807, 2.05) is 23.1 Å². The number of nitro benzene ring substituents is 1. The molecule has 0 radical (unpaired) electrons. The van der Waals surface area contributed by atoms with Gasteiger partial charge in [0.25, 0.3) is 11.6 Å². The van der Waals surface area contributed by atoms with E-state index in [2.05, 4.69) is 5.32 Å². The van der Waals surface area contributed by atoms with Crippen molar-refractivity contribution < 1.29 is 14.5 Å². The first-order valence-corrected chi connectivity index (χ1v) is 7.63. The van der Waals surface area contributed by atoms with Gasteiger partial charge in [0.15, 0.2) is 0 Å². The van der Waals surface area contributed by atoms with Crippen molar-refractivity contribution in [3.05, 3.63) is 64.2 Å². The number of anilines is 2. The molecule has 3 rings (SSSR count). The largest absolute Gasteiger partial charge is 0.378 e. The highest BCUT2D eigenvalue weighted by molar-refractivity contribution is 6.08. The lowest BCUT2D eigenvalue weighted by Crippen LogP contribution is -2.37. The highest BCUT2D eigenvalue weighted by Crippen LogP contribution is 2.27. The Morgan fingerprint density at radius 2 is 1.83 bits per heavy atom. The van der Waals surface area contributed by atoms with Crippen LogP contribution in [0.5, 0.6) is 0 Å². The molecule has 0 saturated carbocycles. The summed E-state index contributed by atoms with van der Waals surface area (Å²) in [6, 6.07) is 13.4. The molecule has 0 unspecified atom stereocenters. The number of amides is 1. The molecule has 0 spiro atoms. The molecule has 0 atom stereocenters. The predicted molar refractivity (Wildman–Crippen MR) is 90.5 cm³/mol. The molecule has 1 heterocycles. The van der Waals surface area contributed by atoms with Crippen LogP contribution in [0.2, 0.25) is 0 Å². The molecule has 24 heavy (non-hydrogen) atoms. The molecule has 1 aliphatic heterocycles. The normalized spacial score (nSPS) is 14.2. The molecule has 0 bridgehead atoms. The van der Waals surface area contributed by atoms with Gasteiger partial charge in [-0.05, 0) is 18.2 Å². The number of benzene rings is 2. The van der Waals surface area contributed by atoms with Crippen LogP contribution in [0, 0.1) is 10.1 Å². The number of non-ortho nitro benzene ring substituents is 1. The second-order valence-corrected chi connectivity index (χ2v) is 5.38. The number of para-hydroxylation sites is 1. The van der Waals surface area contributed by atoms with Gasteiger partial charge in [-0.1, -0.05) is 18.2 Å². The Labute approximate surface area is 139 Å². The van der Waals surface area contributed by atoms with Crippen LogP contribution in [0.25, 0.3) is 0 Å². The van der Waals surface area contributed by atoms with E-state index < -0.39 is 4.92 Å². The lowest BCUT2D eigenvalue weighted by atomic mass is 10.1. The molecule has 1 aliphatic rings. The average Bonchev–Trinajstić information content (AvgIpc) is 2.62. The maximum atomic E-state index is 12.7. The number of ether oxygens (including phenoxy) is 1. The summed E-state index contributed by atoms with van der Waals surface area (Å²) < 4.78 is 5.33. The van der Waals surface area contributed by atoms with Gasteiger partial charge in [0, 0.05) is 30.9 Å². The Bertz CT molecular complexity index is 743. The summed E-state index contributed by atoms with van der Waals surface area (Å²) in [6.07, 6.45) is 0. The van der Waals surface area contributed by atoms with Crippen LogP contribution in [0.3, 0.4) is 0 Å². The Kier molecular flexibility index (Phi) is 4.72. The Morgan fingerprint density at radius 3 is 2.50 bits per heavy atom. The second-order valence-electron chi connectivity index (χ2n) is 5.38. The Hall–Kier alpha value is -2.93. The minimum Gasteiger partial charge on any atom is -0.378 e. The van der Waals surface area contributed by atoms with Gasteiger partial charge in [-0.2, -0.15) is 0 Å². The highest BCUT2D eigenvalue weighted by Gasteiger charge is 2.22. The minimum atomic E-state index is -0.498. The molecule has 124 valence electrons. The van der Waals surface area contributed by atoms with E-state index in [0.29, 0.717) is 37.7 Å². The summed E-state index contributed by atoms with van der Waals surface area (Å²) in [5, 5.41) is 13.8. The van der Waals surface area contributed by atoms with Crippen molar-refractivity contribution >= 4 is 23.0 Å². The van der Waals surface area contributed by atoms with Crippen LogP contribution in [-0.2, 0) is 4.74 Å². The summed E-state index contributed by atoms with van der Waals surface area (Å²) in [7, 11) is 0. The standard InChI is InChI=1S/C17H17N3O4/c21-17(18-13-4-2-1-3-5-13)15-12-14(20(22)23)6-7-16(15)19-8-10-24-11-9-19/h1-7,12H,8-11H2,(H,18,21). The monoisotopic (exact) mass is 327 g/mol. The minimum absolute atomic E-state index is 0.106. The molecule has 1 saturated heterocycles. The van der Waals surface area contributed by atoms with Gasteiger partial charge in [-0.3, -0.25) is 14.9 Å². The fraction of sp³-hybridized carbons (Fsp3) is 0.235. The number of hydrogen-bond acceptors (Lipinski definition) is 5. The van der Waals surface area contributed by atoms with Crippen molar-refractivity contribution in [2.45, 2.75) is 0 Å². The molecule has 2 aromatic carbocycles. The SMILES string of the molecule is O=C(Nc1ccccc1)c1cc([N+](=O)[O-])ccc1N1CCOCC1. The number of morpholine rings is 1. The van der Waals surface area contributed by atoms with E-state index in [0.717, 1.165) is 0 Å². The quantitative estimate of drug-likeness (QED) is 0.689. The Balaban J connectivity index is 1.94. The number of carbonyl (C=O) groups excluding carboxylic acids is 1. The molecule has 7 nitrogen and oxygen atoms in total. The van der Waals surface area contributed by atoms with Gasteiger partial charge in [-0.25, -0.2) is 0 Å². The van der Waals surface area contributed by atoms with Crippen molar-refractivity contribution in [1.29, 1.82) is 0 Å². The van der Waals surface area contributed by atoms with Gasteiger partial charge in [0.2, 0.25) is 0 Å². The van der Waals surface area contributed by atoms with Gasteiger partial charge >= 0.3 is 0 Å². The molecule has 2 aromatic rings. The van der Waals surface area contributed by atoms with E-state index in [1.54, 1.807) is 18.2 Å². The number of nitro groups is 1. The fourth-order valence-electron chi connectivity index (χ4n) is 2.62. The zero-order chi connectivity index (χ0) is 16.9. The zero-order valence-corrected chi connectivity index (χ0v) is 13.0. The molecule has 1 N–H and O–H groups in total. The van der Waals surface area contributed by atoms with Crippen molar-refractivity contribution in [2.24, 2.45) is 0 Å². The predicted octanol–water partition coefficient (Wildman–Crippen LogP) is 2.68. The number of rotatable bonds is 4. The molecule has 7 heteroatoms. The van der Waals surface area contributed by atoms with Crippen LogP contribution in [0.15, 0.2) is 48.5 Å². The van der Waals surface area contributed by atoms with Gasteiger partial charge < -0.3 is 15.0 Å². The zero-order valence-electron chi connectivity index (χ0n) is 13.0. The van der Waals surface area contributed by atoms with Gasteiger partial charge in [0.1, 0.15) is 0 Å². The van der Waals surface area contributed by atoms with Crippen molar-refractivity contribution in [1.82, 2.24) is 0 Å². The summed E-state index contributed by atoms with van der Waals surface area (Å²) in [5.74, 6) is -0.369. The van der Waals surface area contributed by atoms with Crippen LogP contribution in [-0.4, -0.2) is 37.1 Å². The highest BCUT2D eigenvalue weighted by atomic mass is 16.6. The number of nitrogens with zero attached hydrogens (tertiary/aromatic N) is 2. The molecular formula is C17H17N3O4. The summed E-state index contributed by atoms with van der Waals surface area (Å²) >= 11 is 0. The second kappa shape index (κ2) is 7.10. The third-order valence-electron chi connectivity index (χ3n) is 3.82. The molecular weight excluding hydrogens is 310 g/mol. The topological polar surface area (TPSA) is 84.7 Å². The lowest BCUT2D eigenvalue weighted by molar-refractivity contribution is -0.384. The average molecular weight is 327 g/mol. The number of carbonyl (C=O) groups is 1. The van der Waals surface area contributed by atoms with Crippen LogP contribution >= 0.6 is 0 Å². The lowest BCUT2D eigenvalue weighted by Gasteiger charge is -2.30. The fourth-order valence-corrected chi connectivity index (χ4v) is 2.62. The van der Waals surface area contributed by atoms with Crippen LogP contribution in [0.1, 0.15) is 10.4 Å². The van der Waals surface area contributed by atoms with E-state index in [9.17, 15) is 14.9 Å². The van der Waals surface area contributed by atoms with E-state index in [1.165, 1.54) is 12.1 Å². The summed E-state index contributed by atoms with van der Waals surface area (Å²) in [4.78, 5) is 25.2. The molecule has 0 aromatic heterocycles. The van der Waals surface area contributed by atoms with Crippen molar-refractivity contribution in [2.75, 3.05) is 36.5 Å². The van der Waals surface area contributed by atoms with Gasteiger partial charge in [-0.15, -0.1) is 0 Å². The third-order valence-corrected chi connectivity index (χ3v) is 3.82. The molecule has 1 amide bonds. The first-order chi connectivity index (χ1) is 11.6. The number of hydrogen-bond donors (Lipinski definition) is 1. The smallest absolute Gasteiger partial charge is 0.270 e. The summed E-state index contributed by atoms with van der Waals surface area (Å²) in [5.41, 5.74) is 1.50. The first-order valence-electron chi connectivity index (χ1n) is 7.63. The van der Waals surface area contributed by atoms with Crippen LogP contribution < -0.4 is 10.2 Å². The van der Waals surface area contributed by atoms with Gasteiger partial charge in [0.05, 0.1) is 29.4 Å².